The van der Waals surface area contributed by atoms with Crippen LogP contribution in [-0.2, 0) is 6.54 Å². The minimum Gasteiger partial charge on any atom is -0.505 e. The second-order valence-electron chi connectivity index (χ2n) is 6.27. The Morgan fingerprint density at radius 2 is 2.19 bits per heavy atom. The molecule has 5 nitrogen and oxygen atoms in total. The van der Waals surface area contributed by atoms with Gasteiger partial charge in [-0.25, -0.2) is 4.39 Å². The van der Waals surface area contributed by atoms with Crippen LogP contribution in [-0.4, -0.2) is 37.2 Å². The number of rotatable bonds is 4. The number of nitrogens with zero attached hydrogens (tertiary/aromatic N) is 2. The summed E-state index contributed by atoms with van der Waals surface area (Å²) in [6.45, 7) is 2.22. The molecule has 1 saturated heterocycles. The van der Waals surface area contributed by atoms with Gasteiger partial charge in [-0.1, -0.05) is 23.7 Å². The van der Waals surface area contributed by atoms with E-state index in [9.17, 15) is 9.50 Å². The topological polar surface area (TPSA) is 59.9 Å². The van der Waals surface area contributed by atoms with Crippen LogP contribution in [0.4, 0.5) is 10.1 Å². The number of aromatic hydroxyl groups is 1. The molecule has 0 spiro atoms. The Morgan fingerprint density at radius 3 is 2.92 bits per heavy atom. The summed E-state index contributed by atoms with van der Waals surface area (Å²) >= 11 is 6.07. The maximum Gasteiger partial charge on any atom is 0.191 e. The average Bonchev–Trinajstić information content (AvgIpc) is 3.10. The van der Waals surface area contributed by atoms with E-state index in [0.717, 1.165) is 35.8 Å². The number of aliphatic imine (C=N–C) groups is 1. The van der Waals surface area contributed by atoms with Crippen molar-refractivity contribution in [2.24, 2.45) is 4.99 Å². The van der Waals surface area contributed by atoms with Gasteiger partial charge in [-0.2, -0.15) is 0 Å². The van der Waals surface area contributed by atoms with Gasteiger partial charge in [-0.3, -0.25) is 4.99 Å². The highest BCUT2D eigenvalue weighted by Gasteiger charge is 2.23. The van der Waals surface area contributed by atoms with Gasteiger partial charge in [0.05, 0.1) is 0 Å². The summed E-state index contributed by atoms with van der Waals surface area (Å²) < 4.78 is 13.4. The second kappa shape index (κ2) is 8.27. The molecule has 1 fully saturated rings. The van der Waals surface area contributed by atoms with Crippen LogP contribution >= 0.6 is 11.6 Å². The maximum atomic E-state index is 13.4. The Labute approximate surface area is 157 Å². The maximum absolute atomic E-state index is 13.4. The van der Waals surface area contributed by atoms with Gasteiger partial charge in [-0.05, 0) is 42.3 Å². The fraction of sp³-hybridized carbons (Fsp3) is 0.316. The van der Waals surface area contributed by atoms with Gasteiger partial charge in [0.1, 0.15) is 0 Å². The highest BCUT2D eigenvalue weighted by molar-refractivity contribution is 6.30. The number of guanidine groups is 1. The SMILES string of the molecule is CN=C(NCc1ccc(O)c(F)c1)NC1CCN(c2cccc(Cl)c2)C1. The standard InChI is InChI=1S/C19H22ClFN4O/c1-22-19(23-11-13-5-6-18(26)17(21)9-13)24-15-7-8-25(12-15)16-4-2-3-14(20)10-16/h2-6,9-10,15,26H,7-8,11-12H2,1H3,(H2,22,23,24). The summed E-state index contributed by atoms with van der Waals surface area (Å²) in [5, 5.41) is 16.6. The van der Waals surface area contributed by atoms with Crippen molar-refractivity contribution >= 4 is 23.2 Å². The van der Waals surface area contributed by atoms with Gasteiger partial charge in [0, 0.05) is 43.4 Å². The molecule has 138 valence electrons. The van der Waals surface area contributed by atoms with Crippen molar-refractivity contribution in [3.63, 3.8) is 0 Å². The molecular weight excluding hydrogens is 355 g/mol. The van der Waals surface area contributed by atoms with E-state index in [1.54, 1.807) is 13.1 Å². The van der Waals surface area contributed by atoms with Crippen molar-refractivity contribution in [3.05, 3.63) is 58.9 Å². The van der Waals surface area contributed by atoms with E-state index in [4.69, 9.17) is 11.6 Å². The summed E-state index contributed by atoms with van der Waals surface area (Å²) in [5.74, 6) is -0.306. The zero-order chi connectivity index (χ0) is 18.5. The molecule has 1 atom stereocenters. The van der Waals surface area contributed by atoms with Gasteiger partial charge < -0.3 is 20.6 Å². The molecule has 1 unspecified atom stereocenters. The van der Waals surface area contributed by atoms with Gasteiger partial charge in [0.2, 0.25) is 0 Å². The number of benzene rings is 2. The molecule has 7 heteroatoms. The molecule has 3 N–H and O–H groups in total. The molecule has 0 radical (unpaired) electrons. The molecule has 1 heterocycles. The summed E-state index contributed by atoms with van der Waals surface area (Å²) in [6.07, 6.45) is 0.987. The number of phenolic OH excluding ortho intramolecular Hbond substituents is 1. The summed E-state index contributed by atoms with van der Waals surface area (Å²) in [7, 11) is 1.70. The fourth-order valence-electron chi connectivity index (χ4n) is 3.02. The summed E-state index contributed by atoms with van der Waals surface area (Å²) in [4.78, 5) is 6.51. The number of hydrogen-bond acceptors (Lipinski definition) is 3. The minimum atomic E-state index is -0.625. The number of anilines is 1. The molecule has 26 heavy (non-hydrogen) atoms. The number of nitrogens with one attached hydrogen (secondary N) is 2. The van der Waals surface area contributed by atoms with Crippen LogP contribution in [0.5, 0.6) is 5.75 Å². The van der Waals surface area contributed by atoms with Crippen molar-refractivity contribution in [1.82, 2.24) is 10.6 Å². The predicted molar refractivity (Wildman–Crippen MR) is 103 cm³/mol. The summed E-state index contributed by atoms with van der Waals surface area (Å²) in [6, 6.07) is 12.4. The van der Waals surface area contributed by atoms with E-state index in [0.29, 0.717) is 12.5 Å². The van der Waals surface area contributed by atoms with Gasteiger partial charge in [0.25, 0.3) is 0 Å². The molecule has 2 aromatic rings. The Morgan fingerprint density at radius 1 is 1.35 bits per heavy atom. The van der Waals surface area contributed by atoms with E-state index in [1.807, 2.05) is 18.2 Å². The molecule has 0 aromatic heterocycles. The number of phenols is 1. The smallest absolute Gasteiger partial charge is 0.191 e. The lowest BCUT2D eigenvalue weighted by atomic mass is 10.2. The first-order valence-corrected chi connectivity index (χ1v) is 8.88. The highest BCUT2D eigenvalue weighted by Crippen LogP contribution is 2.23. The molecule has 0 aliphatic carbocycles. The predicted octanol–water partition coefficient (Wildman–Crippen LogP) is 3.13. The molecule has 0 amide bonds. The van der Waals surface area contributed by atoms with Crippen molar-refractivity contribution in [2.75, 3.05) is 25.0 Å². The number of halogens is 2. The van der Waals surface area contributed by atoms with Gasteiger partial charge in [0.15, 0.2) is 17.5 Å². The lowest BCUT2D eigenvalue weighted by Gasteiger charge is -2.20. The van der Waals surface area contributed by atoms with Crippen LogP contribution in [0.2, 0.25) is 5.02 Å². The van der Waals surface area contributed by atoms with Crippen molar-refractivity contribution in [2.45, 2.75) is 19.0 Å². The first-order chi connectivity index (χ1) is 12.5. The van der Waals surface area contributed by atoms with Crippen LogP contribution < -0.4 is 15.5 Å². The zero-order valence-electron chi connectivity index (χ0n) is 14.5. The molecule has 2 aromatic carbocycles. The molecule has 0 bridgehead atoms. The normalized spacial score (nSPS) is 17.4. The van der Waals surface area contributed by atoms with E-state index in [2.05, 4.69) is 26.6 Å². The fourth-order valence-corrected chi connectivity index (χ4v) is 3.20. The number of hydrogen-bond donors (Lipinski definition) is 3. The van der Waals surface area contributed by atoms with E-state index in [1.165, 1.54) is 12.1 Å². The Hall–Kier alpha value is -2.47. The monoisotopic (exact) mass is 376 g/mol. The zero-order valence-corrected chi connectivity index (χ0v) is 15.3. The van der Waals surface area contributed by atoms with Crippen molar-refractivity contribution < 1.29 is 9.50 Å². The van der Waals surface area contributed by atoms with Crippen molar-refractivity contribution in [3.8, 4) is 5.75 Å². The Balaban J connectivity index is 1.53. The minimum absolute atomic E-state index is 0.261. The molecule has 0 saturated carbocycles. The first-order valence-electron chi connectivity index (χ1n) is 8.50. The average molecular weight is 377 g/mol. The van der Waals surface area contributed by atoms with Gasteiger partial charge >= 0.3 is 0 Å². The largest absolute Gasteiger partial charge is 0.505 e. The molecular formula is C19H22ClFN4O. The quantitative estimate of drug-likeness (QED) is 0.567. The van der Waals surface area contributed by atoms with Crippen LogP contribution in [0.15, 0.2) is 47.5 Å². The summed E-state index contributed by atoms with van der Waals surface area (Å²) in [5.41, 5.74) is 1.85. The van der Waals surface area contributed by atoms with Crippen LogP contribution in [0.3, 0.4) is 0 Å². The third-order valence-corrected chi connectivity index (χ3v) is 4.63. The lowest BCUT2D eigenvalue weighted by molar-refractivity contribution is 0.431. The van der Waals surface area contributed by atoms with Gasteiger partial charge in [-0.15, -0.1) is 0 Å². The molecule has 1 aliphatic heterocycles. The van der Waals surface area contributed by atoms with Crippen LogP contribution in [0.25, 0.3) is 0 Å². The van der Waals surface area contributed by atoms with E-state index in [-0.39, 0.29) is 11.8 Å². The first kappa shape index (κ1) is 18.3. The van der Waals surface area contributed by atoms with E-state index >= 15 is 0 Å². The lowest BCUT2D eigenvalue weighted by Crippen LogP contribution is -2.44. The Kier molecular flexibility index (Phi) is 5.83. The highest BCUT2D eigenvalue weighted by atomic mass is 35.5. The second-order valence-corrected chi connectivity index (χ2v) is 6.70. The molecule has 1 aliphatic rings. The third kappa shape index (κ3) is 4.58. The van der Waals surface area contributed by atoms with Crippen LogP contribution in [0, 0.1) is 5.82 Å². The van der Waals surface area contributed by atoms with Crippen LogP contribution in [0.1, 0.15) is 12.0 Å². The van der Waals surface area contributed by atoms with E-state index < -0.39 is 5.82 Å². The third-order valence-electron chi connectivity index (χ3n) is 4.40. The van der Waals surface area contributed by atoms with Crippen molar-refractivity contribution in [1.29, 1.82) is 0 Å². The Bertz CT molecular complexity index is 799. The molecule has 3 rings (SSSR count).